The molecule has 0 aliphatic carbocycles. The van der Waals surface area contributed by atoms with Crippen molar-refractivity contribution < 1.29 is 4.21 Å². The van der Waals surface area contributed by atoms with E-state index < -0.39 is 10.8 Å². The highest BCUT2D eigenvalue weighted by Gasteiger charge is 2.17. The Morgan fingerprint density at radius 2 is 2.07 bits per heavy atom. The zero-order valence-electron chi connectivity index (χ0n) is 10.00. The van der Waals surface area contributed by atoms with Crippen LogP contribution in [-0.4, -0.2) is 53.3 Å². The Bertz CT molecular complexity index is 191. The smallest absolute Gasteiger partial charge is 0.0357 e. The molecule has 0 radical (unpaired) electrons. The van der Waals surface area contributed by atoms with Crippen LogP contribution in [0.15, 0.2) is 0 Å². The maximum atomic E-state index is 10.9. The van der Waals surface area contributed by atoms with E-state index in [9.17, 15) is 4.21 Å². The lowest BCUT2D eigenvalue weighted by Crippen LogP contribution is -2.43. The van der Waals surface area contributed by atoms with Crippen LogP contribution in [0.1, 0.15) is 26.2 Å². The van der Waals surface area contributed by atoms with Crippen LogP contribution in [0.4, 0.5) is 0 Å². The molecule has 1 aliphatic rings. The van der Waals surface area contributed by atoms with Crippen molar-refractivity contribution >= 4 is 10.8 Å². The molecule has 0 aromatic heterocycles. The van der Waals surface area contributed by atoms with Crippen molar-refractivity contribution in [2.24, 2.45) is 0 Å². The van der Waals surface area contributed by atoms with Crippen molar-refractivity contribution in [3.05, 3.63) is 0 Å². The van der Waals surface area contributed by atoms with Crippen LogP contribution in [0.2, 0.25) is 0 Å². The highest BCUT2D eigenvalue weighted by molar-refractivity contribution is 7.84. The van der Waals surface area contributed by atoms with Gasteiger partial charge in [0.2, 0.25) is 0 Å². The molecule has 0 spiro atoms. The van der Waals surface area contributed by atoms with Gasteiger partial charge in [0, 0.05) is 35.4 Å². The summed E-state index contributed by atoms with van der Waals surface area (Å²) in [5.74, 6) is 0.787. The van der Waals surface area contributed by atoms with Gasteiger partial charge >= 0.3 is 0 Å². The summed E-state index contributed by atoms with van der Waals surface area (Å²) in [5, 5.41) is 3.50. The number of hydrogen-bond donors (Lipinski definition) is 1. The third kappa shape index (κ3) is 5.64. The van der Waals surface area contributed by atoms with E-state index in [4.69, 9.17) is 0 Å². The topological polar surface area (TPSA) is 32.3 Å². The standard InChI is InChI=1S/C11H24N2OS/c1-3-7-13-8-4-11(5-9-13)12-6-10-15(2)14/h11-12H,3-10H2,1-2H3. The number of rotatable bonds is 6. The second kappa shape index (κ2) is 7.36. The van der Waals surface area contributed by atoms with Crippen molar-refractivity contribution in [3.63, 3.8) is 0 Å². The number of piperidine rings is 1. The lowest BCUT2D eigenvalue weighted by molar-refractivity contribution is 0.199. The molecule has 1 unspecified atom stereocenters. The molecule has 1 N–H and O–H groups in total. The molecule has 0 bridgehead atoms. The minimum Gasteiger partial charge on any atom is -0.313 e. The Hall–Kier alpha value is 0.0700. The summed E-state index contributed by atoms with van der Waals surface area (Å²) in [6, 6.07) is 0.654. The van der Waals surface area contributed by atoms with Gasteiger partial charge in [-0.1, -0.05) is 6.92 Å². The molecule has 3 nitrogen and oxygen atoms in total. The predicted octanol–water partition coefficient (Wildman–Crippen LogP) is 0.829. The van der Waals surface area contributed by atoms with Gasteiger partial charge in [-0.2, -0.15) is 0 Å². The monoisotopic (exact) mass is 232 g/mol. The highest BCUT2D eigenvalue weighted by atomic mass is 32.2. The first-order valence-corrected chi connectivity index (χ1v) is 7.71. The van der Waals surface area contributed by atoms with Crippen LogP contribution in [0, 0.1) is 0 Å². The van der Waals surface area contributed by atoms with Gasteiger partial charge in [-0.05, 0) is 38.9 Å². The lowest BCUT2D eigenvalue weighted by atomic mass is 10.1. The van der Waals surface area contributed by atoms with Gasteiger partial charge in [-0.25, -0.2) is 0 Å². The van der Waals surface area contributed by atoms with Gasteiger partial charge in [-0.3, -0.25) is 4.21 Å². The van der Waals surface area contributed by atoms with Crippen molar-refractivity contribution in [3.8, 4) is 0 Å². The van der Waals surface area contributed by atoms with Gasteiger partial charge in [-0.15, -0.1) is 0 Å². The molecule has 0 aromatic rings. The normalized spacial score (nSPS) is 21.7. The fourth-order valence-electron chi connectivity index (χ4n) is 2.08. The van der Waals surface area contributed by atoms with E-state index in [-0.39, 0.29) is 0 Å². The Morgan fingerprint density at radius 3 is 2.60 bits per heavy atom. The Labute approximate surface area is 96.1 Å². The van der Waals surface area contributed by atoms with Gasteiger partial charge in [0.1, 0.15) is 0 Å². The summed E-state index contributed by atoms with van der Waals surface area (Å²) < 4.78 is 10.9. The number of hydrogen-bond acceptors (Lipinski definition) is 3. The van der Waals surface area contributed by atoms with Crippen molar-refractivity contribution in [1.29, 1.82) is 0 Å². The van der Waals surface area contributed by atoms with Crippen LogP contribution < -0.4 is 5.32 Å². The van der Waals surface area contributed by atoms with Gasteiger partial charge in [0.05, 0.1) is 0 Å². The largest absolute Gasteiger partial charge is 0.313 e. The third-order valence-corrected chi connectivity index (χ3v) is 3.73. The van der Waals surface area contributed by atoms with E-state index in [0.717, 1.165) is 12.3 Å². The molecular weight excluding hydrogens is 208 g/mol. The van der Waals surface area contributed by atoms with E-state index in [1.165, 1.54) is 38.9 Å². The molecule has 0 amide bonds. The quantitative estimate of drug-likeness (QED) is 0.736. The van der Waals surface area contributed by atoms with Crippen molar-refractivity contribution in [2.45, 2.75) is 32.2 Å². The van der Waals surface area contributed by atoms with Crippen molar-refractivity contribution in [2.75, 3.05) is 38.2 Å². The molecule has 0 aromatic carbocycles. The summed E-state index contributed by atoms with van der Waals surface area (Å²) >= 11 is 0. The maximum Gasteiger partial charge on any atom is 0.0357 e. The van der Waals surface area contributed by atoms with Gasteiger partial charge in [0.25, 0.3) is 0 Å². The summed E-state index contributed by atoms with van der Waals surface area (Å²) in [5.41, 5.74) is 0. The maximum absolute atomic E-state index is 10.9. The molecule has 1 rings (SSSR count). The molecule has 4 heteroatoms. The van der Waals surface area contributed by atoms with E-state index in [1.54, 1.807) is 6.26 Å². The molecule has 15 heavy (non-hydrogen) atoms. The summed E-state index contributed by atoms with van der Waals surface area (Å²) in [7, 11) is -0.653. The van der Waals surface area contributed by atoms with Crippen LogP contribution in [-0.2, 0) is 10.8 Å². The Balaban J connectivity index is 2.06. The average molecular weight is 232 g/mol. The molecule has 90 valence electrons. The first kappa shape index (κ1) is 13.1. The third-order valence-electron chi connectivity index (χ3n) is 2.95. The number of nitrogens with one attached hydrogen (secondary N) is 1. The molecule has 1 heterocycles. The molecule has 1 aliphatic heterocycles. The minimum absolute atomic E-state index is 0.653. The van der Waals surface area contributed by atoms with Gasteiger partial charge in [0.15, 0.2) is 0 Å². The van der Waals surface area contributed by atoms with Crippen LogP contribution in [0.3, 0.4) is 0 Å². The van der Waals surface area contributed by atoms with E-state index >= 15 is 0 Å². The molecule has 1 atom stereocenters. The summed E-state index contributed by atoms with van der Waals surface area (Å²) in [6.45, 7) is 6.83. The Kier molecular flexibility index (Phi) is 6.45. The van der Waals surface area contributed by atoms with Crippen LogP contribution in [0.5, 0.6) is 0 Å². The predicted molar refractivity (Wildman–Crippen MR) is 66.7 cm³/mol. The number of likely N-dealkylation sites (tertiary alicyclic amines) is 1. The summed E-state index contributed by atoms with van der Waals surface area (Å²) in [4.78, 5) is 2.54. The van der Waals surface area contributed by atoms with E-state index in [2.05, 4.69) is 17.1 Å². The average Bonchev–Trinajstić information content (AvgIpc) is 2.20. The zero-order chi connectivity index (χ0) is 11.1. The fourth-order valence-corrected chi connectivity index (χ4v) is 2.49. The van der Waals surface area contributed by atoms with Crippen LogP contribution in [0.25, 0.3) is 0 Å². The molecule has 1 saturated heterocycles. The lowest BCUT2D eigenvalue weighted by Gasteiger charge is -2.32. The number of nitrogens with zero attached hydrogens (tertiary/aromatic N) is 1. The summed E-state index contributed by atoms with van der Waals surface area (Å²) in [6.07, 6.45) is 5.52. The fraction of sp³-hybridized carbons (Fsp3) is 1.00. The van der Waals surface area contributed by atoms with Crippen LogP contribution >= 0.6 is 0 Å². The molecule has 0 saturated carbocycles. The van der Waals surface area contributed by atoms with E-state index in [1.807, 2.05) is 0 Å². The Morgan fingerprint density at radius 1 is 1.40 bits per heavy atom. The molecular formula is C11H24N2OS. The second-order valence-corrected chi connectivity index (χ2v) is 5.90. The highest BCUT2D eigenvalue weighted by Crippen LogP contribution is 2.10. The minimum atomic E-state index is -0.653. The molecule has 1 fully saturated rings. The zero-order valence-corrected chi connectivity index (χ0v) is 10.8. The van der Waals surface area contributed by atoms with Crippen molar-refractivity contribution in [1.82, 2.24) is 10.2 Å². The first-order valence-electron chi connectivity index (χ1n) is 5.98. The van der Waals surface area contributed by atoms with E-state index in [0.29, 0.717) is 6.04 Å². The van der Waals surface area contributed by atoms with Gasteiger partial charge < -0.3 is 10.2 Å². The SMILES string of the molecule is CCCN1CCC(NCCS(C)=O)CC1. The second-order valence-electron chi connectivity index (χ2n) is 4.35. The first-order chi connectivity index (χ1) is 7.22.